The molecule has 0 amide bonds. The molecule has 1 aromatic heterocycles. The van der Waals surface area contributed by atoms with Crippen molar-refractivity contribution < 1.29 is 9.90 Å². The summed E-state index contributed by atoms with van der Waals surface area (Å²) in [6.07, 6.45) is 0. The molecule has 0 aromatic carbocycles. The number of carboxylic acids is 1. The first-order valence-electron chi connectivity index (χ1n) is 4.77. The van der Waals surface area contributed by atoms with E-state index < -0.39 is 5.97 Å². The normalized spacial score (nSPS) is 13.1. The number of aromatic nitrogens is 1. The van der Waals surface area contributed by atoms with Crippen LogP contribution in [-0.2, 0) is 0 Å². The van der Waals surface area contributed by atoms with Crippen LogP contribution in [0.25, 0.3) is 0 Å². The number of rotatable bonds is 4. The Kier molecular flexibility index (Phi) is 3.82. The van der Waals surface area contributed by atoms with Crippen LogP contribution in [0.1, 0.15) is 33.2 Å². The fraction of sp³-hybridized carbons (Fsp3) is 0.600. The van der Waals surface area contributed by atoms with Crippen molar-refractivity contribution in [2.75, 3.05) is 20.6 Å². The highest BCUT2D eigenvalue weighted by Gasteiger charge is 2.17. The van der Waals surface area contributed by atoms with Crippen LogP contribution >= 0.6 is 11.3 Å². The molecular formula is C10H16N2O2S. The maximum Gasteiger partial charge on any atom is 0.347 e. The van der Waals surface area contributed by atoms with Gasteiger partial charge in [-0.3, -0.25) is 0 Å². The fourth-order valence-electron chi connectivity index (χ4n) is 1.45. The van der Waals surface area contributed by atoms with Crippen molar-refractivity contribution in [2.24, 2.45) is 0 Å². The van der Waals surface area contributed by atoms with Gasteiger partial charge in [-0.2, -0.15) is 0 Å². The third-order valence-electron chi connectivity index (χ3n) is 2.07. The lowest BCUT2D eigenvalue weighted by molar-refractivity contribution is 0.0701. The highest BCUT2D eigenvalue weighted by atomic mass is 32.1. The second-order valence-corrected chi connectivity index (χ2v) is 4.97. The van der Waals surface area contributed by atoms with Gasteiger partial charge in [-0.05, 0) is 21.0 Å². The Bertz CT molecular complexity index is 360. The SMILES string of the molecule is Cc1nc(C(C)CN(C)C)sc1C(=O)O. The average molecular weight is 228 g/mol. The first-order chi connectivity index (χ1) is 6.91. The molecule has 1 aromatic rings. The molecule has 0 saturated carbocycles. The molecule has 1 N–H and O–H groups in total. The molecule has 4 nitrogen and oxygen atoms in total. The van der Waals surface area contributed by atoms with E-state index in [0.29, 0.717) is 10.6 Å². The second-order valence-electron chi connectivity index (χ2n) is 3.94. The number of hydrogen-bond donors (Lipinski definition) is 1. The zero-order valence-electron chi connectivity index (χ0n) is 9.44. The number of hydrogen-bond acceptors (Lipinski definition) is 4. The quantitative estimate of drug-likeness (QED) is 0.854. The van der Waals surface area contributed by atoms with Crippen LogP contribution in [0.5, 0.6) is 0 Å². The van der Waals surface area contributed by atoms with Crippen LogP contribution in [0.2, 0.25) is 0 Å². The lowest BCUT2D eigenvalue weighted by atomic mass is 10.2. The van der Waals surface area contributed by atoms with Gasteiger partial charge in [-0.25, -0.2) is 9.78 Å². The van der Waals surface area contributed by atoms with E-state index in [1.165, 1.54) is 11.3 Å². The van der Waals surface area contributed by atoms with Gasteiger partial charge in [-0.15, -0.1) is 11.3 Å². The molecule has 0 aliphatic heterocycles. The summed E-state index contributed by atoms with van der Waals surface area (Å²) >= 11 is 1.28. The Morgan fingerprint density at radius 2 is 2.20 bits per heavy atom. The van der Waals surface area contributed by atoms with Crippen LogP contribution in [0.3, 0.4) is 0 Å². The third kappa shape index (κ3) is 3.00. The first kappa shape index (κ1) is 12.1. The van der Waals surface area contributed by atoms with Crippen molar-refractivity contribution in [1.82, 2.24) is 9.88 Å². The van der Waals surface area contributed by atoms with Crippen molar-refractivity contribution in [2.45, 2.75) is 19.8 Å². The molecule has 15 heavy (non-hydrogen) atoms. The van der Waals surface area contributed by atoms with Crippen LogP contribution in [-0.4, -0.2) is 41.6 Å². The Morgan fingerprint density at radius 1 is 1.60 bits per heavy atom. The zero-order valence-corrected chi connectivity index (χ0v) is 10.3. The van der Waals surface area contributed by atoms with Gasteiger partial charge in [-0.1, -0.05) is 6.92 Å². The molecule has 1 rings (SSSR count). The topological polar surface area (TPSA) is 53.4 Å². The van der Waals surface area contributed by atoms with Crippen molar-refractivity contribution in [3.8, 4) is 0 Å². The number of carboxylic acid groups (broad SMARTS) is 1. The Labute approximate surface area is 93.6 Å². The standard InChI is InChI=1S/C10H16N2O2S/c1-6(5-12(3)4)9-11-7(2)8(15-9)10(13)14/h6H,5H2,1-4H3,(H,13,14). The molecule has 5 heteroatoms. The molecular weight excluding hydrogens is 212 g/mol. The number of aromatic carboxylic acids is 1. The van der Waals surface area contributed by atoms with E-state index in [-0.39, 0.29) is 5.92 Å². The number of thiazole rings is 1. The number of likely N-dealkylation sites (N-methyl/N-ethyl adjacent to an activating group) is 1. The summed E-state index contributed by atoms with van der Waals surface area (Å²) in [6.45, 7) is 4.68. The predicted octanol–water partition coefficient (Wildman–Crippen LogP) is 1.81. The van der Waals surface area contributed by atoms with E-state index in [9.17, 15) is 4.79 Å². The molecule has 1 atom stereocenters. The van der Waals surface area contributed by atoms with Crippen LogP contribution in [0.4, 0.5) is 0 Å². The van der Waals surface area contributed by atoms with Crippen LogP contribution in [0.15, 0.2) is 0 Å². The highest BCUT2D eigenvalue weighted by Crippen LogP contribution is 2.25. The molecule has 0 aliphatic rings. The smallest absolute Gasteiger partial charge is 0.347 e. The zero-order chi connectivity index (χ0) is 11.6. The van der Waals surface area contributed by atoms with Crippen molar-refractivity contribution >= 4 is 17.3 Å². The van der Waals surface area contributed by atoms with Gasteiger partial charge in [0.2, 0.25) is 0 Å². The number of carbonyl (C=O) groups is 1. The maximum absolute atomic E-state index is 10.8. The molecule has 0 bridgehead atoms. The largest absolute Gasteiger partial charge is 0.477 e. The van der Waals surface area contributed by atoms with E-state index in [0.717, 1.165) is 11.6 Å². The van der Waals surface area contributed by atoms with Gasteiger partial charge in [0.25, 0.3) is 0 Å². The second kappa shape index (κ2) is 4.72. The van der Waals surface area contributed by atoms with Gasteiger partial charge in [0.1, 0.15) is 4.88 Å². The molecule has 0 spiro atoms. The molecule has 1 heterocycles. The predicted molar refractivity (Wildman–Crippen MR) is 60.8 cm³/mol. The maximum atomic E-state index is 10.8. The average Bonchev–Trinajstić information content (AvgIpc) is 2.46. The molecule has 84 valence electrons. The van der Waals surface area contributed by atoms with Gasteiger partial charge in [0.05, 0.1) is 10.7 Å². The van der Waals surface area contributed by atoms with Crippen molar-refractivity contribution in [3.63, 3.8) is 0 Å². The van der Waals surface area contributed by atoms with E-state index >= 15 is 0 Å². The van der Waals surface area contributed by atoms with E-state index in [1.807, 2.05) is 14.1 Å². The van der Waals surface area contributed by atoms with Gasteiger partial charge in [0, 0.05) is 12.5 Å². The fourth-order valence-corrected chi connectivity index (χ4v) is 2.40. The minimum absolute atomic E-state index is 0.275. The number of aryl methyl sites for hydroxylation is 1. The summed E-state index contributed by atoms with van der Waals surface area (Å²) in [5, 5.41) is 9.80. The summed E-state index contributed by atoms with van der Waals surface area (Å²) in [6, 6.07) is 0. The lowest BCUT2D eigenvalue weighted by Gasteiger charge is -2.14. The van der Waals surface area contributed by atoms with E-state index in [1.54, 1.807) is 6.92 Å². The van der Waals surface area contributed by atoms with Crippen LogP contribution < -0.4 is 0 Å². The summed E-state index contributed by atoms with van der Waals surface area (Å²) in [7, 11) is 3.99. The number of nitrogens with zero attached hydrogens (tertiary/aromatic N) is 2. The van der Waals surface area contributed by atoms with Gasteiger partial charge in [0.15, 0.2) is 0 Å². The van der Waals surface area contributed by atoms with Crippen LogP contribution in [0, 0.1) is 6.92 Å². The summed E-state index contributed by atoms with van der Waals surface area (Å²) in [5.41, 5.74) is 0.619. The van der Waals surface area contributed by atoms with E-state index in [4.69, 9.17) is 5.11 Å². The first-order valence-corrected chi connectivity index (χ1v) is 5.58. The summed E-state index contributed by atoms with van der Waals surface area (Å²) < 4.78 is 0. The monoisotopic (exact) mass is 228 g/mol. The molecule has 0 saturated heterocycles. The van der Waals surface area contributed by atoms with Crippen molar-refractivity contribution in [3.05, 3.63) is 15.6 Å². The molecule has 0 fully saturated rings. The third-order valence-corrected chi connectivity index (χ3v) is 3.44. The minimum atomic E-state index is -0.881. The summed E-state index contributed by atoms with van der Waals surface area (Å²) in [5.74, 6) is -0.606. The van der Waals surface area contributed by atoms with Crippen molar-refractivity contribution in [1.29, 1.82) is 0 Å². The summed E-state index contributed by atoms with van der Waals surface area (Å²) in [4.78, 5) is 17.6. The highest BCUT2D eigenvalue weighted by molar-refractivity contribution is 7.13. The lowest BCUT2D eigenvalue weighted by Crippen LogP contribution is -2.18. The molecule has 0 aliphatic carbocycles. The molecule has 1 unspecified atom stereocenters. The Balaban J connectivity index is 2.87. The Morgan fingerprint density at radius 3 is 2.60 bits per heavy atom. The van der Waals surface area contributed by atoms with Gasteiger partial charge < -0.3 is 10.0 Å². The van der Waals surface area contributed by atoms with E-state index in [2.05, 4.69) is 16.8 Å². The minimum Gasteiger partial charge on any atom is -0.477 e. The van der Waals surface area contributed by atoms with Gasteiger partial charge >= 0.3 is 5.97 Å². The Hall–Kier alpha value is -0.940. The molecule has 0 radical (unpaired) electrons.